The third kappa shape index (κ3) is 5.11. The lowest BCUT2D eigenvalue weighted by atomic mass is 10.4. The van der Waals surface area contributed by atoms with E-state index in [1.807, 2.05) is 13.1 Å². The van der Waals surface area contributed by atoms with Crippen LogP contribution in [0.1, 0.15) is 13.3 Å². The number of amides is 1. The third-order valence-corrected chi connectivity index (χ3v) is 1.89. The summed E-state index contributed by atoms with van der Waals surface area (Å²) in [5.74, 6) is 0.0887. The summed E-state index contributed by atoms with van der Waals surface area (Å²) in [6, 6.07) is 0. The first kappa shape index (κ1) is 11.6. The number of nitrogens with one attached hydrogen (secondary N) is 2. The van der Waals surface area contributed by atoms with Gasteiger partial charge in [0, 0.05) is 32.3 Å². The summed E-state index contributed by atoms with van der Waals surface area (Å²) in [6.07, 6.45) is 3.98. The van der Waals surface area contributed by atoms with Crippen molar-refractivity contribution >= 4 is 5.91 Å². The number of hydrogen-bond donors (Lipinski definition) is 2. The van der Waals surface area contributed by atoms with E-state index in [0.29, 0.717) is 19.5 Å². The Morgan fingerprint density at radius 1 is 1.47 bits per heavy atom. The fourth-order valence-electron chi connectivity index (χ4n) is 1.16. The molecule has 0 aliphatic heterocycles. The Morgan fingerprint density at radius 2 is 2.33 bits per heavy atom. The van der Waals surface area contributed by atoms with Gasteiger partial charge in [0.15, 0.2) is 0 Å². The van der Waals surface area contributed by atoms with Crippen LogP contribution in [0, 0.1) is 0 Å². The van der Waals surface area contributed by atoms with Crippen LogP contribution in [0.4, 0.5) is 0 Å². The molecule has 0 saturated carbocycles. The Hall–Kier alpha value is -1.43. The second-order valence-corrected chi connectivity index (χ2v) is 3.12. The van der Waals surface area contributed by atoms with E-state index >= 15 is 0 Å². The molecule has 6 nitrogen and oxygen atoms in total. The molecule has 1 heterocycles. The zero-order valence-electron chi connectivity index (χ0n) is 8.94. The van der Waals surface area contributed by atoms with E-state index in [1.165, 1.54) is 0 Å². The van der Waals surface area contributed by atoms with Crippen LogP contribution in [0.2, 0.25) is 0 Å². The van der Waals surface area contributed by atoms with Gasteiger partial charge in [-0.05, 0) is 6.92 Å². The molecule has 6 heteroatoms. The van der Waals surface area contributed by atoms with Gasteiger partial charge in [-0.1, -0.05) is 5.21 Å². The Morgan fingerprint density at radius 3 is 3.00 bits per heavy atom. The molecule has 2 N–H and O–H groups in total. The lowest BCUT2D eigenvalue weighted by Gasteiger charge is -2.04. The second-order valence-electron chi connectivity index (χ2n) is 3.12. The fourth-order valence-corrected chi connectivity index (χ4v) is 1.16. The maximum atomic E-state index is 11.1. The molecule has 1 aromatic heterocycles. The monoisotopic (exact) mass is 211 g/mol. The standard InChI is InChI=1S/C9H17N5O/c1-2-11-9(15)3-4-10-5-7-14-8-6-12-13-14/h6,8,10H,2-5,7H2,1H3,(H,11,15). The van der Waals surface area contributed by atoms with Crippen LogP contribution >= 0.6 is 0 Å². The van der Waals surface area contributed by atoms with Gasteiger partial charge in [-0.3, -0.25) is 9.48 Å². The normalized spacial score (nSPS) is 10.2. The topological polar surface area (TPSA) is 71.8 Å². The Balaban J connectivity index is 1.95. The molecule has 0 radical (unpaired) electrons. The number of hydrogen-bond acceptors (Lipinski definition) is 4. The molecule has 0 aromatic carbocycles. The summed E-state index contributed by atoms with van der Waals surface area (Å²) in [6.45, 7) is 4.87. The highest BCUT2D eigenvalue weighted by Gasteiger charge is 1.97. The van der Waals surface area contributed by atoms with Gasteiger partial charge in [-0.25, -0.2) is 0 Å². The van der Waals surface area contributed by atoms with Crippen molar-refractivity contribution < 1.29 is 4.79 Å². The van der Waals surface area contributed by atoms with Gasteiger partial charge in [-0.2, -0.15) is 0 Å². The van der Waals surface area contributed by atoms with E-state index < -0.39 is 0 Å². The first-order valence-electron chi connectivity index (χ1n) is 5.14. The Kier molecular flexibility index (Phi) is 5.39. The minimum atomic E-state index is 0.0887. The van der Waals surface area contributed by atoms with E-state index in [9.17, 15) is 4.79 Å². The Bertz CT molecular complexity index is 272. The lowest BCUT2D eigenvalue weighted by Crippen LogP contribution is -2.28. The molecule has 15 heavy (non-hydrogen) atoms. The minimum absolute atomic E-state index is 0.0887. The third-order valence-electron chi connectivity index (χ3n) is 1.89. The lowest BCUT2D eigenvalue weighted by molar-refractivity contribution is -0.120. The largest absolute Gasteiger partial charge is 0.356 e. The van der Waals surface area contributed by atoms with Crippen molar-refractivity contribution in [2.45, 2.75) is 19.9 Å². The van der Waals surface area contributed by atoms with E-state index in [0.717, 1.165) is 13.1 Å². The second kappa shape index (κ2) is 6.94. The molecule has 0 fully saturated rings. The maximum absolute atomic E-state index is 11.1. The van der Waals surface area contributed by atoms with Gasteiger partial charge >= 0.3 is 0 Å². The van der Waals surface area contributed by atoms with Crippen LogP contribution < -0.4 is 10.6 Å². The molecule has 84 valence electrons. The molecule has 1 rings (SSSR count). The molecule has 0 bridgehead atoms. The summed E-state index contributed by atoms with van der Waals surface area (Å²) >= 11 is 0. The van der Waals surface area contributed by atoms with Crippen molar-refractivity contribution in [1.29, 1.82) is 0 Å². The molecular formula is C9H17N5O. The van der Waals surface area contributed by atoms with Crippen LogP contribution in [0.3, 0.4) is 0 Å². The van der Waals surface area contributed by atoms with Crippen molar-refractivity contribution in [2.24, 2.45) is 0 Å². The first-order chi connectivity index (χ1) is 7.33. The van der Waals surface area contributed by atoms with Crippen LogP contribution in [0.25, 0.3) is 0 Å². The van der Waals surface area contributed by atoms with E-state index in [1.54, 1.807) is 10.9 Å². The highest BCUT2D eigenvalue weighted by molar-refractivity contribution is 5.75. The molecule has 0 unspecified atom stereocenters. The quantitative estimate of drug-likeness (QED) is 0.590. The number of nitrogens with zero attached hydrogens (tertiary/aromatic N) is 3. The summed E-state index contributed by atoms with van der Waals surface area (Å²) in [5.41, 5.74) is 0. The zero-order chi connectivity index (χ0) is 10.9. The van der Waals surface area contributed by atoms with Crippen LogP contribution in [0.15, 0.2) is 12.4 Å². The van der Waals surface area contributed by atoms with Crippen LogP contribution in [-0.2, 0) is 11.3 Å². The number of rotatable bonds is 7. The van der Waals surface area contributed by atoms with E-state index in [4.69, 9.17) is 0 Å². The molecule has 0 aliphatic carbocycles. The van der Waals surface area contributed by atoms with Crippen molar-refractivity contribution in [3.8, 4) is 0 Å². The van der Waals surface area contributed by atoms with Crippen LogP contribution in [-0.4, -0.2) is 40.5 Å². The maximum Gasteiger partial charge on any atom is 0.221 e. The molecule has 0 spiro atoms. The van der Waals surface area contributed by atoms with Gasteiger partial charge in [0.25, 0.3) is 0 Å². The van der Waals surface area contributed by atoms with E-state index in [-0.39, 0.29) is 5.91 Å². The zero-order valence-corrected chi connectivity index (χ0v) is 8.94. The molecule has 0 atom stereocenters. The number of carbonyl (C=O) groups is 1. The highest BCUT2D eigenvalue weighted by Crippen LogP contribution is 1.80. The summed E-state index contributed by atoms with van der Waals surface area (Å²) in [4.78, 5) is 11.1. The van der Waals surface area contributed by atoms with Gasteiger partial charge in [0.2, 0.25) is 5.91 Å². The van der Waals surface area contributed by atoms with E-state index in [2.05, 4.69) is 20.9 Å². The fraction of sp³-hybridized carbons (Fsp3) is 0.667. The first-order valence-corrected chi connectivity index (χ1v) is 5.14. The highest BCUT2D eigenvalue weighted by atomic mass is 16.1. The predicted molar refractivity (Wildman–Crippen MR) is 56.2 cm³/mol. The van der Waals surface area contributed by atoms with Gasteiger partial charge in [-0.15, -0.1) is 5.10 Å². The molecule has 0 saturated heterocycles. The molecule has 1 amide bonds. The van der Waals surface area contributed by atoms with Crippen molar-refractivity contribution in [1.82, 2.24) is 25.6 Å². The van der Waals surface area contributed by atoms with Gasteiger partial charge < -0.3 is 10.6 Å². The average molecular weight is 211 g/mol. The summed E-state index contributed by atoms with van der Waals surface area (Å²) < 4.78 is 1.75. The number of aromatic nitrogens is 3. The Labute approximate surface area is 89.0 Å². The van der Waals surface area contributed by atoms with Crippen LogP contribution in [0.5, 0.6) is 0 Å². The predicted octanol–water partition coefficient (Wildman–Crippen LogP) is -0.606. The van der Waals surface area contributed by atoms with Crippen molar-refractivity contribution in [3.63, 3.8) is 0 Å². The summed E-state index contributed by atoms with van der Waals surface area (Å²) in [5, 5.41) is 13.4. The number of carbonyl (C=O) groups excluding carboxylic acids is 1. The van der Waals surface area contributed by atoms with Crippen molar-refractivity contribution in [2.75, 3.05) is 19.6 Å². The molecule has 1 aromatic rings. The molecule has 0 aliphatic rings. The molecular weight excluding hydrogens is 194 g/mol. The SMILES string of the molecule is CCNC(=O)CCNCCn1ccnn1. The minimum Gasteiger partial charge on any atom is -0.356 e. The average Bonchev–Trinajstić information content (AvgIpc) is 2.70. The summed E-state index contributed by atoms with van der Waals surface area (Å²) in [7, 11) is 0. The van der Waals surface area contributed by atoms with Gasteiger partial charge in [0.05, 0.1) is 12.7 Å². The van der Waals surface area contributed by atoms with Crippen molar-refractivity contribution in [3.05, 3.63) is 12.4 Å². The van der Waals surface area contributed by atoms with Gasteiger partial charge in [0.1, 0.15) is 0 Å². The smallest absolute Gasteiger partial charge is 0.221 e.